The fourth-order valence-electron chi connectivity index (χ4n) is 2.78. The van der Waals surface area contributed by atoms with Crippen LogP contribution in [-0.2, 0) is 6.42 Å². The first-order valence-corrected chi connectivity index (χ1v) is 9.61. The van der Waals surface area contributed by atoms with Gasteiger partial charge in [0, 0.05) is 19.1 Å². The van der Waals surface area contributed by atoms with E-state index in [2.05, 4.69) is 48.2 Å². The Bertz CT molecular complexity index is 506. The van der Waals surface area contributed by atoms with E-state index in [-0.39, 0.29) is 29.8 Å². The van der Waals surface area contributed by atoms with Crippen molar-refractivity contribution in [1.82, 2.24) is 15.5 Å². The largest absolute Gasteiger partial charge is 0.357 e. The smallest absolute Gasteiger partial charge is 0.191 e. The summed E-state index contributed by atoms with van der Waals surface area (Å²) in [5, 5.41) is 6.73. The normalized spacial score (nSPS) is 12.6. The predicted octanol–water partition coefficient (Wildman–Crippen LogP) is 4.05. The Morgan fingerprint density at radius 3 is 2.50 bits per heavy atom. The van der Waals surface area contributed by atoms with Crippen molar-refractivity contribution in [2.45, 2.75) is 53.0 Å². The lowest BCUT2D eigenvalue weighted by molar-refractivity contribution is 0.292. The molecule has 4 nitrogen and oxygen atoms in total. The second kappa shape index (κ2) is 15.2. The zero-order chi connectivity index (χ0) is 18.5. The lowest BCUT2D eigenvalue weighted by Gasteiger charge is -2.21. The Kier molecular flexibility index (Phi) is 14.7. The molecule has 0 aliphatic carbocycles. The number of hydrogen-bond acceptors (Lipinski definition) is 2. The molecule has 0 saturated heterocycles. The van der Waals surface area contributed by atoms with Crippen molar-refractivity contribution in [2.24, 2.45) is 4.99 Å². The van der Waals surface area contributed by atoms with Crippen LogP contribution in [0.2, 0.25) is 0 Å². The third-order valence-corrected chi connectivity index (χ3v) is 4.34. The molecular weight excluding hydrogens is 442 g/mol. The first-order valence-electron chi connectivity index (χ1n) is 9.61. The molecule has 0 saturated carbocycles. The van der Waals surface area contributed by atoms with Crippen molar-refractivity contribution in [3.8, 4) is 0 Å². The number of hydrogen-bond donors (Lipinski definition) is 2. The zero-order valence-corrected chi connectivity index (χ0v) is 19.1. The summed E-state index contributed by atoms with van der Waals surface area (Å²) in [7, 11) is 0. The first kappa shape index (κ1) is 25.1. The maximum absolute atomic E-state index is 13.7. The van der Waals surface area contributed by atoms with E-state index in [1.54, 1.807) is 6.07 Å². The summed E-state index contributed by atoms with van der Waals surface area (Å²) in [6.07, 6.45) is 2.89. The van der Waals surface area contributed by atoms with Crippen LogP contribution in [0.4, 0.5) is 4.39 Å². The van der Waals surface area contributed by atoms with Crippen molar-refractivity contribution in [2.75, 3.05) is 32.7 Å². The van der Waals surface area contributed by atoms with Gasteiger partial charge in [0.1, 0.15) is 5.82 Å². The number of nitrogens with zero attached hydrogens (tertiary/aromatic N) is 2. The van der Waals surface area contributed by atoms with Crippen LogP contribution >= 0.6 is 24.0 Å². The maximum Gasteiger partial charge on any atom is 0.191 e. The van der Waals surface area contributed by atoms with Crippen LogP contribution in [0, 0.1) is 5.82 Å². The third kappa shape index (κ3) is 10.3. The minimum Gasteiger partial charge on any atom is -0.357 e. The molecule has 1 aromatic rings. The Morgan fingerprint density at radius 2 is 1.88 bits per heavy atom. The summed E-state index contributed by atoms with van der Waals surface area (Å²) in [6.45, 7) is 13.4. The second-order valence-electron chi connectivity index (χ2n) is 6.32. The average molecular weight is 478 g/mol. The van der Waals surface area contributed by atoms with Crippen LogP contribution in [0.1, 0.15) is 46.1 Å². The maximum atomic E-state index is 13.7. The van der Waals surface area contributed by atoms with Crippen LogP contribution in [-0.4, -0.2) is 49.6 Å². The number of aliphatic imine (C=N–C) groups is 1. The molecule has 150 valence electrons. The van der Waals surface area contributed by atoms with Gasteiger partial charge in [0.2, 0.25) is 0 Å². The first-order chi connectivity index (χ1) is 12.1. The molecule has 0 spiro atoms. The van der Waals surface area contributed by atoms with Crippen LogP contribution in [0.3, 0.4) is 0 Å². The van der Waals surface area contributed by atoms with Crippen molar-refractivity contribution in [3.63, 3.8) is 0 Å². The van der Waals surface area contributed by atoms with Gasteiger partial charge in [0.15, 0.2) is 5.96 Å². The molecule has 26 heavy (non-hydrogen) atoms. The van der Waals surface area contributed by atoms with Gasteiger partial charge in [-0.1, -0.05) is 32.0 Å². The van der Waals surface area contributed by atoms with Gasteiger partial charge < -0.3 is 15.5 Å². The monoisotopic (exact) mass is 478 g/mol. The van der Waals surface area contributed by atoms with Gasteiger partial charge in [0.05, 0.1) is 0 Å². The second-order valence-corrected chi connectivity index (χ2v) is 6.32. The molecule has 0 fully saturated rings. The lowest BCUT2D eigenvalue weighted by Crippen LogP contribution is -2.42. The lowest BCUT2D eigenvalue weighted by atomic mass is 10.1. The summed E-state index contributed by atoms with van der Waals surface area (Å²) in [5.74, 6) is 0.662. The average Bonchev–Trinajstić information content (AvgIpc) is 2.60. The fraction of sp³-hybridized carbons (Fsp3) is 0.650. The van der Waals surface area contributed by atoms with Gasteiger partial charge in [-0.3, -0.25) is 4.99 Å². The van der Waals surface area contributed by atoms with E-state index in [1.807, 2.05) is 12.1 Å². The van der Waals surface area contributed by atoms with Crippen LogP contribution in [0.15, 0.2) is 29.3 Å². The fourth-order valence-corrected chi connectivity index (χ4v) is 2.78. The van der Waals surface area contributed by atoms with E-state index in [1.165, 1.54) is 12.5 Å². The van der Waals surface area contributed by atoms with Gasteiger partial charge in [-0.25, -0.2) is 4.39 Å². The van der Waals surface area contributed by atoms with E-state index in [9.17, 15) is 4.39 Å². The minimum absolute atomic E-state index is 0. The summed E-state index contributed by atoms with van der Waals surface area (Å²) < 4.78 is 13.7. The van der Waals surface area contributed by atoms with E-state index in [4.69, 9.17) is 0 Å². The van der Waals surface area contributed by atoms with E-state index in [0.29, 0.717) is 19.0 Å². The molecule has 0 amide bonds. The summed E-state index contributed by atoms with van der Waals surface area (Å²) in [4.78, 5) is 7.03. The van der Waals surface area contributed by atoms with Crippen LogP contribution < -0.4 is 10.6 Å². The van der Waals surface area contributed by atoms with Gasteiger partial charge in [0.25, 0.3) is 0 Å². The van der Waals surface area contributed by atoms with Crippen molar-refractivity contribution >= 4 is 29.9 Å². The Morgan fingerprint density at radius 1 is 1.19 bits per heavy atom. The molecule has 0 aromatic heterocycles. The Balaban J connectivity index is 0.00000625. The van der Waals surface area contributed by atoms with Crippen LogP contribution in [0.25, 0.3) is 0 Å². The predicted molar refractivity (Wildman–Crippen MR) is 121 cm³/mol. The standard InChI is InChI=1S/C20H35FN4.HI/c1-5-22-20(23-15-14-18-12-8-9-13-19(18)21)24-17(4)11-10-16-25(6-2)7-3;/h8-9,12-13,17H,5-7,10-11,14-16H2,1-4H3,(H2,22,23,24);1H. The number of rotatable bonds is 11. The van der Waals surface area contributed by atoms with Crippen molar-refractivity contribution in [3.05, 3.63) is 35.6 Å². The quantitative estimate of drug-likeness (QED) is 0.287. The van der Waals surface area contributed by atoms with E-state index < -0.39 is 0 Å². The van der Waals surface area contributed by atoms with Gasteiger partial charge in [-0.05, 0) is 64.4 Å². The van der Waals surface area contributed by atoms with Crippen LogP contribution in [0.5, 0.6) is 0 Å². The molecule has 0 bridgehead atoms. The summed E-state index contributed by atoms with van der Waals surface area (Å²) in [6, 6.07) is 7.26. The topological polar surface area (TPSA) is 39.7 Å². The number of halogens is 2. The zero-order valence-electron chi connectivity index (χ0n) is 16.7. The molecule has 1 aromatic carbocycles. The third-order valence-electron chi connectivity index (χ3n) is 4.34. The molecule has 1 rings (SSSR count). The molecule has 1 atom stereocenters. The molecule has 1 unspecified atom stereocenters. The van der Waals surface area contributed by atoms with Crippen molar-refractivity contribution in [1.29, 1.82) is 0 Å². The van der Waals surface area contributed by atoms with E-state index >= 15 is 0 Å². The number of benzene rings is 1. The molecular formula is C20H36FIN4. The summed E-state index contributed by atoms with van der Waals surface area (Å²) in [5.41, 5.74) is 0.717. The Labute approximate surface area is 176 Å². The van der Waals surface area contributed by atoms with Gasteiger partial charge in [-0.15, -0.1) is 24.0 Å². The SMILES string of the molecule is CCNC(=NCCc1ccccc1F)NC(C)CCCN(CC)CC.I. The molecule has 0 aliphatic heterocycles. The number of guanidine groups is 1. The van der Waals surface area contributed by atoms with Crippen molar-refractivity contribution < 1.29 is 4.39 Å². The summed E-state index contributed by atoms with van der Waals surface area (Å²) >= 11 is 0. The highest BCUT2D eigenvalue weighted by atomic mass is 127. The highest BCUT2D eigenvalue weighted by molar-refractivity contribution is 14.0. The van der Waals surface area contributed by atoms with Gasteiger partial charge in [-0.2, -0.15) is 0 Å². The van der Waals surface area contributed by atoms with Gasteiger partial charge >= 0.3 is 0 Å². The molecule has 6 heteroatoms. The van der Waals surface area contributed by atoms with E-state index in [0.717, 1.165) is 44.1 Å². The molecule has 0 aliphatic rings. The number of nitrogens with one attached hydrogen (secondary N) is 2. The Hall–Kier alpha value is -0.890. The molecule has 0 radical (unpaired) electrons. The highest BCUT2D eigenvalue weighted by Gasteiger charge is 2.07. The minimum atomic E-state index is -0.152. The molecule has 2 N–H and O–H groups in total. The molecule has 0 heterocycles. The highest BCUT2D eigenvalue weighted by Crippen LogP contribution is 2.07.